The Morgan fingerprint density at radius 2 is 1.69 bits per heavy atom. The third kappa shape index (κ3) is 4.85. The first-order valence-electron chi connectivity index (χ1n) is 7.47. The number of esters is 1. The summed E-state index contributed by atoms with van der Waals surface area (Å²) >= 11 is 0. The van der Waals surface area contributed by atoms with Gasteiger partial charge in [0.25, 0.3) is 5.91 Å². The molecule has 1 rings (SSSR count). The zero-order valence-corrected chi connectivity index (χ0v) is 15.2. The molecule has 2 N–H and O–H groups in total. The smallest absolute Gasteiger partial charge is 0.362 e. The number of methoxy groups -OCH3 is 3. The topological polar surface area (TPSA) is 128 Å². The summed E-state index contributed by atoms with van der Waals surface area (Å²) in [5.74, 6) is -0.546. The Hall–Kier alpha value is -3.30. The maximum Gasteiger partial charge on any atom is 0.362 e. The van der Waals surface area contributed by atoms with Gasteiger partial charge in [-0.2, -0.15) is 5.10 Å². The zero-order valence-electron chi connectivity index (χ0n) is 15.2. The molecule has 0 unspecified atom stereocenters. The van der Waals surface area contributed by atoms with E-state index in [1.54, 1.807) is 6.92 Å². The van der Waals surface area contributed by atoms with Gasteiger partial charge in [-0.05, 0) is 26.0 Å². The van der Waals surface area contributed by atoms with E-state index >= 15 is 0 Å². The lowest BCUT2D eigenvalue weighted by Crippen LogP contribution is -2.28. The third-order valence-corrected chi connectivity index (χ3v) is 3.16. The van der Waals surface area contributed by atoms with Crippen molar-refractivity contribution in [1.29, 1.82) is 0 Å². The molecular weight excluding hydrogens is 346 g/mol. The second kappa shape index (κ2) is 9.87. The van der Waals surface area contributed by atoms with Gasteiger partial charge in [-0.25, -0.2) is 10.2 Å². The van der Waals surface area contributed by atoms with Gasteiger partial charge in [0.2, 0.25) is 11.5 Å². The normalized spacial score (nSPS) is 11.6. The minimum absolute atomic E-state index is 0.0354. The standard InChI is InChI=1S/C16H21N3O7/c1-6-26-16(21)13(19-22)9(2)17-18-15(20)10-7-11(23-3)14(25-5)12(8-10)24-4/h7-8,22H,6H2,1-5H3,(H,18,20)/b17-9+,19-13+. The Labute approximate surface area is 150 Å². The number of carbonyl (C=O) groups is 2. The van der Waals surface area contributed by atoms with Gasteiger partial charge >= 0.3 is 5.97 Å². The van der Waals surface area contributed by atoms with E-state index in [-0.39, 0.29) is 17.9 Å². The fourth-order valence-corrected chi connectivity index (χ4v) is 1.92. The van der Waals surface area contributed by atoms with Gasteiger partial charge < -0.3 is 24.2 Å². The molecule has 0 aromatic heterocycles. The molecule has 0 spiro atoms. The zero-order chi connectivity index (χ0) is 19.7. The molecule has 0 aliphatic rings. The second-order valence-corrected chi connectivity index (χ2v) is 4.72. The second-order valence-electron chi connectivity index (χ2n) is 4.72. The van der Waals surface area contributed by atoms with Crippen molar-refractivity contribution in [2.24, 2.45) is 10.3 Å². The van der Waals surface area contributed by atoms with Gasteiger partial charge in [-0.15, -0.1) is 0 Å². The number of hydrogen-bond donors (Lipinski definition) is 2. The fraction of sp³-hybridized carbons (Fsp3) is 0.375. The number of nitrogens with one attached hydrogen (secondary N) is 1. The number of hydrazone groups is 1. The van der Waals surface area contributed by atoms with Crippen LogP contribution in [-0.4, -0.2) is 56.4 Å². The minimum atomic E-state index is -0.863. The van der Waals surface area contributed by atoms with Crippen LogP contribution in [0.4, 0.5) is 0 Å². The number of carbonyl (C=O) groups excluding carboxylic acids is 2. The average Bonchev–Trinajstić information content (AvgIpc) is 2.65. The van der Waals surface area contributed by atoms with Crippen molar-refractivity contribution in [2.75, 3.05) is 27.9 Å². The molecule has 0 fully saturated rings. The molecular formula is C16H21N3O7. The first kappa shape index (κ1) is 20.7. The molecule has 1 aromatic rings. The summed E-state index contributed by atoms with van der Waals surface area (Å²) in [6.45, 7) is 3.08. The molecule has 0 bridgehead atoms. The Morgan fingerprint density at radius 3 is 2.12 bits per heavy atom. The number of rotatable bonds is 8. The largest absolute Gasteiger partial charge is 0.493 e. The fourth-order valence-electron chi connectivity index (χ4n) is 1.92. The summed E-state index contributed by atoms with van der Waals surface area (Å²) in [5, 5.41) is 15.5. The maximum atomic E-state index is 12.3. The van der Waals surface area contributed by atoms with Crippen molar-refractivity contribution in [3.8, 4) is 17.2 Å². The minimum Gasteiger partial charge on any atom is -0.493 e. The lowest BCUT2D eigenvalue weighted by Gasteiger charge is -2.13. The van der Waals surface area contributed by atoms with E-state index < -0.39 is 17.6 Å². The van der Waals surface area contributed by atoms with Crippen LogP contribution >= 0.6 is 0 Å². The number of ether oxygens (including phenoxy) is 4. The van der Waals surface area contributed by atoms with Gasteiger partial charge in [-0.1, -0.05) is 5.16 Å². The maximum absolute atomic E-state index is 12.3. The molecule has 1 aromatic carbocycles. The van der Waals surface area contributed by atoms with Crippen LogP contribution in [0.2, 0.25) is 0 Å². The average molecular weight is 367 g/mol. The summed E-state index contributed by atoms with van der Waals surface area (Å²) in [7, 11) is 4.29. The predicted molar refractivity (Wildman–Crippen MR) is 92.5 cm³/mol. The highest BCUT2D eigenvalue weighted by molar-refractivity contribution is 6.65. The Morgan fingerprint density at radius 1 is 1.12 bits per heavy atom. The number of oxime groups is 1. The summed E-state index contributed by atoms with van der Waals surface area (Å²) < 4.78 is 20.3. The van der Waals surface area contributed by atoms with Crippen LogP contribution in [0.3, 0.4) is 0 Å². The SMILES string of the molecule is CCOC(=O)C(=N/O)/C(C)=N/NC(=O)c1cc(OC)c(OC)c(OC)c1. The highest BCUT2D eigenvalue weighted by Crippen LogP contribution is 2.38. The van der Waals surface area contributed by atoms with Crippen LogP contribution in [0.1, 0.15) is 24.2 Å². The molecule has 0 saturated carbocycles. The van der Waals surface area contributed by atoms with E-state index in [4.69, 9.17) is 24.2 Å². The van der Waals surface area contributed by atoms with Gasteiger partial charge in [-0.3, -0.25) is 4.79 Å². The van der Waals surface area contributed by atoms with Gasteiger partial charge in [0, 0.05) is 5.56 Å². The summed E-state index contributed by atoms with van der Waals surface area (Å²) in [6.07, 6.45) is 0. The van der Waals surface area contributed by atoms with Crippen LogP contribution in [0.15, 0.2) is 22.4 Å². The van der Waals surface area contributed by atoms with E-state index in [0.29, 0.717) is 17.2 Å². The number of hydrogen-bond acceptors (Lipinski definition) is 9. The van der Waals surface area contributed by atoms with E-state index in [2.05, 4.69) is 15.7 Å². The molecule has 10 heteroatoms. The highest BCUT2D eigenvalue weighted by Gasteiger charge is 2.19. The number of amides is 1. The van der Waals surface area contributed by atoms with E-state index in [1.807, 2.05) is 0 Å². The third-order valence-electron chi connectivity index (χ3n) is 3.16. The first-order chi connectivity index (χ1) is 12.4. The lowest BCUT2D eigenvalue weighted by molar-refractivity contribution is -0.134. The van der Waals surface area contributed by atoms with Crippen molar-refractivity contribution in [3.63, 3.8) is 0 Å². The van der Waals surface area contributed by atoms with Crippen LogP contribution in [0.5, 0.6) is 17.2 Å². The summed E-state index contributed by atoms with van der Waals surface area (Å²) in [6, 6.07) is 2.88. The van der Waals surface area contributed by atoms with Crippen molar-refractivity contribution < 1.29 is 33.7 Å². The van der Waals surface area contributed by atoms with Gasteiger partial charge in [0.1, 0.15) is 0 Å². The molecule has 0 aliphatic heterocycles. The molecule has 142 valence electrons. The molecule has 1 amide bonds. The van der Waals surface area contributed by atoms with Gasteiger partial charge in [0.05, 0.1) is 33.6 Å². The molecule has 0 saturated heterocycles. The molecule has 26 heavy (non-hydrogen) atoms. The molecule has 0 radical (unpaired) electrons. The Balaban J connectivity index is 3.05. The van der Waals surface area contributed by atoms with Crippen LogP contribution in [0, 0.1) is 0 Å². The number of benzene rings is 1. The van der Waals surface area contributed by atoms with E-state index in [1.165, 1.54) is 40.4 Å². The Kier molecular flexibility index (Phi) is 7.87. The quantitative estimate of drug-likeness (QED) is 0.306. The first-order valence-corrected chi connectivity index (χ1v) is 7.47. The van der Waals surface area contributed by atoms with Crippen molar-refractivity contribution in [3.05, 3.63) is 17.7 Å². The lowest BCUT2D eigenvalue weighted by atomic mass is 10.1. The van der Waals surface area contributed by atoms with Crippen molar-refractivity contribution in [1.82, 2.24) is 5.43 Å². The predicted octanol–water partition coefficient (Wildman–Crippen LogP) is 1.21. The van der Waals surface area contributed by atoms with Crippen molar-refractivity contribution in [2.45, 2.75) is 13.8 Å². The molecule has 0 aliphatic carbocycles. The van der Waals surface area contributed by atoms with Crippen molar-refractivity contribution >= 4 is 23.3 Å². The Bertz CT molecular complexity index is 704. The number of nitrogens with zero attached hydrogens (tertiary/aromatic N) is 2. The molecule has 0 atom stereocenters. The summed E-state index contributed by atoms with van der Waals surface area (Å²) in [4.78, 5) is 23.9. The highest BCUT2D eigenvalue weighted by atomic mass is 16.5. The summed E-state index contributed by atoms with van der Waals surface area (Å²) in [5.41, 5.74) is 1.97. The van der Waals surface area contributed by atoms with E-state index in [0.717, 1.165) is 0 Å². The molecule has 10 nitrogen and oxygen atoms in total. The monoisotopic (exact) mass is 367 g/mol. The van der Waals surface area contributed by atoms with E-state index in [9.17, 15) is 9.59 Å². The van der Waals surface area contributed by atoms with Crippen LogP contribution in [-0.2, 0) is 9.53 Å². The van der Waals surface area contributed by atoms with Crippen LogP contribution in [0.25, 0.3) is 0 Å². The molecule has 0 heterocycles. The van der Waals surface area contributed by atoms with Crippen LogP contribution < -0.4 is 19.6 Å². The van der Waals surface area contributed by atoms with Gasteiger partial charge in [0.15, 0.2) is 11.5 Å².